The minimum atomic E-state index is -2.46. The summed E-state index contributed by atoms with van der Waals surface area (Å²) in [5.41, 5.74) is -3.05. The Morgan fingerprint density at radius 3 is 2.11 bits per heavy atom. The minimum Gasteiger partial charge on any atom is -0.507 e. The smallest absolute Gasteiger partial charge is 0.243 e. The van der Waals surface area contributed by atoms with Gasteiger partial charge in [0, 0.05) is 48.9 Å². The maximum absolute atomic E-state index is 14.7. The van der Waals surface area contributed by atoms with Gasteiger partial charge in [-0.3, -0.25) is 43.2 Å². The number of hydrogen-bond acceptors (Lipinski definition) is 19. The number of phenolic OH excluding ortho intramolecular Hbond substituents is 2. The lowest BCUT2D eigenvalue weighted by molar-refractivity contribution is -0.249. The van der Waals surface area contributed by atoms with Crippen LogP contribution in [0, 0.1) is 11.8 Å². The van der Waals surface area contributed by atoms with E-state index in [1.165, 1.54) is 37.1 Å². The molecule has 0 radical (unpaired) electrons. The van der Waals surface area contributed by atoms with E-state index in [0.717, 1.165) is 5.56 Å². The van der Waals surface area contributed by atoms with Crippen molar-refractivity contribution in [3.05, 3.63) is 117 Å². The van der Waals surface area contributed by atoms with Gasteiger partial charge in [-0.2, -0.15) is 0 Å². The zero-order valence-electron chi connectivity index (χ0n) is 52.4. The van der Waals surface area contributed by atoms with E-state index in [0.29, 0.717) is 30.7 Å². The standard InChI is InChI=1S/C66H83N7O18/c1-34(2)24-43(71-65(86)46-17-13-23-73(46)51(77)31-72(6)7)62(83)67-30-50(76)68-45(26-37-19-21-39(22-20-37)89-33-38-14-10-9-11-15-38)64(85)70-44(25-35(3)4)63(84)69-42-27-52(90-36(5)57(42)78)91-48-29-66(87,49(75)32-74)28-41-54(48)61(82)56-55(59(41)80)58(79)40-16-12-18-47(88-8)53(40)60(56)81/h9-12,14-16,18-22,34-36,42-46,48,52,57,74,78,80,82,87H,13,17,23-33H2,1-8H3,(H,67,83)(H,68,76)(H,69,84)(H,70,85)(H,71,86)/t36-,42-,43-,44-,45-,46-,48-,52-,57+,66-/m0/s1. The van der Waals surface area contributed by atoms with Crippen LogP contribution in [-0.4, -0.2) is 190 Å². The average Bonchev–Trinajstić information content (AvgIpc) is 0.879. The maximum atomic E-state index is 14.7. The molecule has 0 aromatic heterocycles. The number of amides is 6. The number of phenols is 2. The third-order valence-corrected chi connectivity index (χ3v) is 16.8. The Hall–Kier alpha value is -8.33. The molecule has 490 valence electrons. The summed E-state index contributed by atoms with van der Waals surface area (Å²) < 4.78 is 23.8. The lowest BCUT2D eigenvalue weighted by atomic mass is 9.72. The molecule has 2 heterocycles. The van der Waals surface area contributed by atoms with Gasteiger partial charge in [0.2, 0.25) is 41.2 Å². The molecule has 0 bridgehead atoms. The van der Waals surface area contributed by atoms with Gasteiger partial charge in [0.25, 0.3) is 0 Å². The van der Waals surface area contributed by atoms with Gasteiger partial charge in [0.15, 0.2) is 17.9 Å². The number of aliphatic hydroxyl groups is 3. The number of Topliss-reactive ketones (excluding diaryl/α,β-unsaturated/α-hetero) is 1. The predicted molar refractivity (Wildman–Crippen MR) is 328 cm³/mol. The van der Waals surface area contributed by atoms with Gasteiger partial charge in [-0.15, -0.1) is 0 Å². The van der Waals surface area contributed by atoms with E-state index >= 15 is 0 Å². The first kappa shape index (κ1) is 68.6. The number of nitrogens with zero attached hydrogens (tertiary/aromatic N) is 2. The molecule has 91 heavy (non-hydrogen) atoms. The van der Waals surface area contributed by atoms with Crippen LogP contribution in [0.2, 0.25) is 0 Å². The lowest BCUT2D eigenvalue weighted by Crippen LogP contribution is -2.60. The van der Waals surface area contributed by atoms with Gasteiger partial charge in [0.05, 0.1) is 55.1 Å². The van der Waals surface area contributed by atoms with Gasteiger partial charge in [-0.1, -0.05) is 82.3 Å². The molecule has 0 unspecified atom stereocenters. The number of carbonyl (C=O) groups is 9. The number of ether oxygens (including phenoxy) is 4. The summed E-state index contributed by atoms with van der Waals surface area (Å²) in [4.78, 5) is 129. The van der Waals surface area contributed by atoms with Gasteiger partial charge in [-0.05, 0) is 87.9 Å². The summed E-state index contributed by atoms with van der Waals surface area (Å²) in [6.45, 7) is 7.82. The Kier molecular flexibility index (Phi) is 22.4. The first-order valence-corrected chi connectivity index (χ1v) is 30.6. The number of likely N-dealkylation sites (tertiary alicyclic amines) is 1. The Morgan fingerprint density at radius 2 is 1.46 bits per heavy atom. The molecule has 8 rings (SSSR count). The zero-order chi connectivity index (χ0) is 66.2. The minimum absolute atomic E-state index is 0.0107. The number of carbonyl (C=O) groups excluding carboxylic acids is 9. The molecule has 6 amide bonds. The molecule has 10 N–H and O–H groups in total. The predicted octanol–water partition coefficient (Wildman–Crippen LogP) is 2.20. The highest BCUT2D eigenvalue weighted by Crippen LogP contribution is 2.52. The highest BCUT2D eigenvalue weighted by Gasteiger charge is 2.51. The second kappa shape index (κ2) is 29.7. The second-order valence-corrected chi connectivity index (χ2v) is 24.9. The zero-order valence-corrected chi connectivity index (χ0v) is 52.4. The van der Waals surface area contributed by atoms with Crippen LogP contribution < -0.4 is 36.1 Å². The number of likely N-dealkylation sites (N-methyl/N-ethyl adjacent to an activating group) is 1. The number of rotatable bonds is 26. The third-order valence-electron chi connectivity index (χ3n) is 16.8. The summed E-state index contributed by atoms with van der Waals surface area (Å²) in [5, 5.41) is 71.1. The Bertz CT molecular complexity index is 3380. The molecule has 25 heteroatoms. The number of ketones is 3. The number of aliphatic hydroxyl groups excluding tert-OH is 2. The molecular formula is C66H83N7O18. The largest absolute Gasteiger partial charge is 0.507 e. The third kappa shape index (κ3) is 16.1. The molecule has 0 spiro atoms. The van der Waals surface area contributed by atoms with Crippen LogP contribution in [0.1, 0.15) is 133 Å². The van der Waals surface area contributed by atoms with Crippen molar-refractivity contribution in [1.29, 1.82) is 0 Å². The number of nitrogens with one attached hydrogen (secondary N) is 5. The second-order valence-electron chi connectivity index (χ2n) is 24.9. The average molecular weight is 1260 g/mol. The van der Waals surface area contributed by atoms with Gasteiger partial charge in [-0.25, -0.2) is 0 Å². The normalized spacial score (nSPS) is 22.0. The van der Waals surface area contributed by atoms with Gasteiger partial charge in [0.1, 0.15) is 72.1 Å². The quantitative estimate of drug-likeness (QED) is 0.0355. The Balaban J connectivity index is 1.00. The summed E-state index contributed by atoms with van der Waals surface area (Å²) in [6.07, 6.45) is -6.15. The topological polar surface area (TPSA) is 358 Å². The van der Waals surface area contributed by atoms with E-state index in [9.17, 15) is 68.7 Å². The molecule has 4 aliphatic rings. The van der Waals surface area contributed by atoms with Crippen molar-refractivity contribution in [2.75, 3.05) is 47.4 Å². The van der Waals surface area contributed by atoms with Crippen LogP contribution in [0.4, 0.5) is 0 Å². The fraction of sp³-hybridized carbons (Fsp3) is 0.500. The molecule has 2 saturated heterocycles. The maximum Gasteiger partial charge on any atom is 0.243 e. The lowest BCUT2D eigenvalue weighted by Gasteiger charge is -2.43. The Labute approximate surface area is 527 Å². The monoisotopic (exact) mass is 1260 g/mol. The molecular weight excluding hydrogens is 1180 g/mol. The number of fused-ring (bicyclic) bond motifs is 3. The molecule has 2 fully saturated rings. The number of hydrogen-bond donors (Lipinski definition) is 10. The fourth-order valence-corrected chi connectivity index (χ4v) is 12.2. The highest BCUT2D eigenvalue weighted by atomic mass is 16.7. The highest BCUT2D eigenvalue weighted by molar-refractivity contribution is 6.31. The summed E-state index contributed by atoms with van der Waals surface area (Å²) in [7, 11) is 4.78. The number of aromatic hydroxyl groups is 2. The van der Waals surface area contributed by atoms with Crippen molar-refractivity contribution in [1.82, 2.24) is 36.4 Å². The van der Waals surface area contributed by atoms with Crippen molar-refractivity contribution in [2.45, 2.75) is 153 Å². The molecule has 2 aliphatic carbocycles. The van der Waals surface area contributed by atoms with E-state index in [2.05, 4.69) is 26.6 Å². The molecule has 4 aromatic carbocycles. The van der Waals surface area contributed by atoms with Crippen LogP contribution in [0.25, 0.3) is 0 Å². The SMILES string of the molecule is COc1cccc2c1C(=O)c1c(O)c3c(c(O)c1C2=O)C[C@@](O)(C(=O)CO)C[C@@H]3O[C@H]1C[C@H](NC(=O)[C@H](CC(C)C)NC(=O)[C@H](Cc2ccc(OCc3ccccc3)cc2)NC(=O)CNC(=O)[C@H](CC(C)C)NC(=O)[C@@H]2CCCN2C(=O)CN(C)C)[C@H](O)[C@H](C)O1. The number of methoxy groups -OCH3 is 1. The van der Waals surface area contributed by atoms with E-state index < -0.39 is 156 Å². The van der Waals surface area contributed by atoms with Crippen molar-refractivity contribution in [2.24, 2.45) is 11.8 Å². The van der Waals surface area contributed by atoms with Crippen molar-refractivity contribution >= 4 is 52.8 Å². The van der Waals surface area contributed by atoms with Gasteiger partial charge >= 0.3 is 0 Å². The number of benzene rings is 4. The molecule has 0 saturated carbocycles. The first-order valence-electron chi connectivity index (χ1n) is 30.6. The van der Waals surface area contributed by atoms with Crippen LogP contribution in [0.15, 0.2) is 72.8 Å². The van der Waals surface area contributed by atoms with Crippen molar-refractivity contribution in [3.63, 3.8) is 0 Å². The van der Waals surface area contributed by atoms with E-state index in [-0.39, 0.29) is 84.6 Å². The van der Waals surface area contributed by atoms with Crippen LogP contribution in [0.3, 0.4) is 0 Å². The van der Waals surface area contributed by atoms with Crippen molar-refractivity contribution in [3.8, 4) is 23.0 Å². The van der Waals surface area contributed by atoms with Crippen molar-refractivity contribution < 1.29 is 87.6 Å². The molecule has 4 aromatic rings. The summed E-state index contributed by atoms with van der Waals surface area (Å²) in [6, 6.07) is 14.8. The fourth-order valence-electron chi connectivity index (χ4n) is 12.2. The van der Waals surface area contributed by atoms with E-state index in [1.807, 2.05) is 58.0 Å². The molecule has 10 atom stereocenters. The van der Waals surface area contributed by atoms with E-state index in [4.69, 9.17) is 18.9 Å². The molecule has 25 nitrogen and oxygen atoms in total. The van der Waals surface area contributed by atoms with Gasteiger partial charge < -0.3 is 80.9 Å². The summed E-state index contributed by atoms with van der Waals surface area (Å²) >= 11 is 0. The summed E-state index contributed by atoms with van der Waals surface area (Å²) in [5.74, 6) is -7.97. The molecule has 2 aliphatic heterocycles. The van der Waals surface area contributed by atoms with E-state index in [1.54, 1.807) is 43.3 Å². The van der Waals surface area contributed by atoms with Crippen LogP contribution >= 0.6 is 0 Å². The Morgan fingerprint density at radius 1 is 0.791 bits per heavy atom. The van der Waals surface area contributed by atoms with Crippen LogP contribution in [-0.2, 0) is 62.5 Å². The first-order chi connectivity index (χ1) is 43.2. The van der Waals surface area contributed by atoms with Crippen LogP contribution in [0.5, 0.6) is 23.0 Å².